The molecule has 0 aliphatic rings. The molecule has 0 fully saturated rings. The molecule has 0 amide bonds. The number of hydrogen-bond donors (Lipinski definition) is 0. The van der Waals surface area contributed by atoms with Crippen molar-refractivity contribution in [1.82, 2.24) is 0 Å². The van der Waals surface area contributed by atoms with Crippen LogP contribution in [-0.4, -0.2) is 36.8 Å². The first-order chi connectivity index (χ1) is 19.7. The Morgan fingerprint density at radius 2 is 0.732 bits per heavy atom. The van der Waals surface area contributed by atoms with E-state index >= 15 is 0 Å². The van der Waals surface area contributed by atoms with Gasteiger partial charge in [-0.1, -0.05) is 72.8 Å². The van der Waals surface area contributed by atoms with Gasteiger partial charge >= 0.3 is 0 Å². The van der Waals surface area contributed by atoms with Crippen molar-refractivity contribution >= 4 is 48.5 Å². The van der Waals surface area contributed by atoms with E-state index in [1.165, 1.54) is 33.5 Å². The third-order valence-corrected chi connectivity index (χ3v) is 12.7. The number of benzene rings is 4. The van der Waals surface area contributed by atoms with Crippen LogP contribution in [-0.2, 0) is 17.1 Å². The van der Waals surface area contributed by atoms with E-state index in [-0.39, 0.29) is 17.1 Å². The maximum atomic E-state index is 6.00. The molecule has 4 aromatic rings. The van der Waals surface area contributed by atoms with E-state index in [2.05, 4.69) is 135 Å². The molecule has 0 saturated heterocycles. The number of nitrogens with zero attached hydrogens (tertiary/aromatic N) is 4. The normalized spacial score (nSPS) is 11.5. The minimum Gasteiger partial charge on any atom is -0.288 e. The molecular formula is C34H40FeN4P2+2. The first-order valence-corrected chi connectivity index (χ1v) is 17.3. The van der Waals surface area contributed by atoms with Crippen LogP contribution in [0.1, 0.15) is 26.7 Å². The Labute approximate surface area is 258 Å². The smallest absolute Gasteiger partial charge is 0.0966 e. The predicted octanol–water partition coefficient (Wildman–Crippen LogP) is 6.45. The van der Waals surface area contributed by atoms with Gasteiger partial charge in [-0.2, -0.15) is 0 Å². The van der Waals surface area contributed by atoms with Crippen LogP contribution in [0, 0.1) is 10.8 Å². The molecule has 0 aromatic heterocycles. The second-order valence-corrected chi connectivity index (χ2v) is 14.8. The molecule has 0 atom stereocenters. The summed E-state index contributed by atoms with van der Waals surface area (Å²) in [6, 6.07) is 44.0. The Bertz CT molecular complexity index is 1150. The fourth-order valence-corrected chi connectivity index (χ4v) is 9.93. The molecule has 0 radical (unpaired) electrons. The zero-order valence-corrected chi connectivity index (χ0v) is 27.0. The van der Waals surface area contributed by atoms with Crippen LogP contribution in [0.5, 0.6) is 0 Å². The minimum absolute atomic E-state index is 0. The summed E-state index contributed by atoms with van der Waals surface area (Å²) >= 11 is 0. The zero-order valence-electron chi connectivity index (χ0n) is 23.9. The molecule has 4 rings (SSSR count). The van der Waals surface area contributed by atoms with Crippen molar-refractivity contribution in [3.8, 4) is 0 Å². The van der Waals surface area contributed by atoms with Gasteiger partial charge in [0.25, 0.3) is 0 Å². The summed E-state index contributed by atoms with van der Waals surface area (Å²) in [5.74, 6) is 0. The molecule has 0 aliphatic carbocycles. The first kappa shape index (κ1) is 34.2. The fraction of sp³-hybridized carbons (Fsp3) is 0.235. The molecule has 0 bridgehead atoms. The van der Waals surface area contributed by atoms with Crippen molar-refractivity contribution < 1.29 is 17.1 Å². The van der Waals surface area contributed by atoms with Crippen molar-refractivity contribution in [3.05, 3.63) is 121 Å². The molecule has 41 heavy (non-hydrogen) atoms. The van der Waals surface area contributed by atoms with Crippen LogP contribution in [0.25, 0.3) is 0 Å². The summed E-state index contributed by atoms with van der Waals surface area (Å²) in [5.41, 5.74) is 2.16. The Hall–Kier alpha value is -2.98. The average Bonchev–Trinajstić information content (AvgIpc) is 3.03. The molecule has 4 nitrogen and oxygen atoms in total. The van der Waals surface area contributed by atoms with Crippen molar-refractivity contribution in [2.75, 3.05) is 25.4 Å². The monoisotopic (exact) mass is 622 g/mol. The van der Waals surface area contributed by atoms with Crippen LogP contribution >= 0.6 is 15.8 Å². The zero-order chi connectivity index (χ0) is 28.4. The second kappa shape index (κ2) is 20.0. The molecule has 4 aromatic carbocycles. The maximum absolute atomic E-state index is 6.00. The van der Waals surface area contributed by atoms with Gasteiger partial charge < -0.3 is 0 Å². The van der Waals surface area contributed by atoms with Gasteiger partial charge in [0, 0.05) is 53.8 Å². The Kier molecular flexibility index (Phi) is 16.7. The molecule has 0 spiro atoms. The second-order valence-electron chi connectivity index (χ2n) is 9.56. The van der Waals surface area contributed by atoms with Crippen LogP contribution in [0.15, 0.2) is 131 Å². The van der Waals surface area contributed by atoms with E-state index in [9.17, 15) is 0 Å². The summed E-state index contributed by atoms with van der Waals surface area (Å²) in [5, 5.41) is 17.9. The van der Waals surface area contributed by atoms with Gasteiger partial charge in [0.15, 0.2) is 0 Å². The minimum atomic E-state index is -0.785. The standard InChI is InChI=1S/C34H38N2P2.Fe.N2/c1-29(35-25-15-27-37(31-17-7-3-8-18-31)32-19-9-4-10-20-32)30(2)36-26-16-28-38(33-21-11-5-12-22-33)34-23-13-6-14-24-34;;1-2/h3-14,17-24H,15-16,25-28H2,1-2H3;;/p+2. The Balaban J connectivity index is 0.00000192. The first-order valence-electron chi connectivity index (χ1n) is 13.9. The van der Waals surface area contributed by atoms with E-state index in [1.807, 2.05) is 0 Å². The number of hydrogen-bond acceptors (Lipinski definition) is 4. The Morgan fingerprint density at radius 3 is 0.976 bits per heavy atom. The third kappa shape index (κ3) is 11.4. The predicted molar refractivity (Wildman–Crippen MR) is 179 cm³/mol. The van der Waals surface area contributed by atoms with E-state index in [0.29, 0.717) is 0 Å². The molecule has 0 aliphatic heterocycles. The quantitative estimate of drug-likeness (QED) is 0.0566. The molecule has 0 heterocycles. The van der Waals surface area contributed by atoms with Crippen LogP contribution in [0.4, 0.5) is 0 Å². The van der Waals surface area contributed by atoms with Gasteiger partial charge in [-0.3, -0.25) is 9.98 Å². The Morgan fingerprint density at radius 1 is 0.488 bits per heavy atom. The largest absolute Gasteiger partial charge is 0.288 e. The van der Waals surface area contributed by atoms with E-state index in [4.69, 9.17) is 20.8 Å². The molecular weight excluding hydrogens is 582 g/mol. The van der Waals surface area contributed by atoms with Crippen molar-refractivity contribution in [3.63, 3.8) is 0 Å². The van der Waals surface area contributed by atoms with Crippen molar-refractivity contribution in [1.29, 1.82) is 10.8 Å². The van der Waals surface area contributed by atoms with Crippen LogP contribution in [0.2, 0.25) is 0 Å². The molecule has 0 unspecified atom stereocenters. The third-order valence-electron chi connectivity index (χ3n) is 6.88. The average molecular weight is 623 g/mol. The fourth-order valence-electron chi connectivity index (χ4n) is 4.70. The molecule has 7 heteroatoms. The topological polar surface area (TPSA) is 72.3 Å². The summed E-state index contributed by atoms with van der Waals surface area (Å²) in [6.07, 6.45) is 4.58. The molecule has 0 N–H and O–H groups in total. The maximum Gasteiger partial charge on any atom is 0.0966 e. The van der Waals surface area contributed by atoms with Crippen LogP contribution < -0.4 is 21.2 Å². The van der Waals surface area contributed by atoms with E-state index in [1.54, 1.807) is 0 Å². The SMILES string of the molecule is CC(=NCCC[PH+](c1ccccc1)c1ccccc1)C(C)=NCCC[PH+](c1ccccc1)c1ccccc1.N#N.[Fe]. The summed E-state index contributed by atoms with van der Waals surface area (Å²) in [4.78, 5) is 9.80. The van der Waals surface area contributed by atoms with E-state index < -0.39 is 15.8 Å². The van der Waals surface area contributed by atoms with Gasteiger partial charge in [0.05, 0.1) is 60.8 Å². The van der Waals surface area contributed by atoms with Gasteiger partial charge in [0.2, 0.25) is 0 Å². The van der Waals surface area contributed by atoms with Gasteiger partial charge in [-0.05, 0) is 62.4 Å². The van der Waals surface area contributed by atoms with Crippen LogP contribution in [0.3, 0.4) is 0 Å². The molecule has 212 valence electrons. The van der Waals surface area contributed by atoms with E-state index in [0.717, 1.165) is 37.4 Å². The van der Waals surface area contributed by atoms with Crippen molar-refractivity contribution in [2.24, 2.45) is 9.98 Å². The van der Waals surface area contributed by atoms with Crippen molar-refractivity contribution in [2.45, 2.75) is 26.7 Å². The summed E-state index contributed by atoms with van der Waals surface area (Å²) < 4.78 is 0. The summed E-state index contributed by atoms with van der Waals surface area (Å²) in [6.45, 7) is 5.95. The number of rotatable bonds is 13. The van der Waals surface area contributed by atoms with Gasteiger partial charge in [-0.25, -0.2) is 0 Å². The van der Waals surface area contributed by atoms with Gasteiger partial charge in [-0.15, -0.1) is 0 Å². The summed E-state index contributed by atoms with van der Waals surface area (Å²) in [7, 11) is -1.57. The van der Waals surface area contributed by atoms with Gasteiger partial charge in [0.1, 0.15) is 0 Å². The number of aliphatic imine (C=N–C) groups is 2. The molecule has 0 saturated carbocycles.